The average Bonchev–Trinajstić information content (AvgIpc) is 2.75. The average molecular weight is 554 g/mol. The first-order chi connectivity index (χ1) is 14.1. The minimum atomic E-state index is -0.116. The molecule has 1 aromatic rings. The van der Waals surface area contributed by atoms with Crippen molar-refractivity contribution in [2.24, 2.45) is 4.99 Å². The second-order valence-electron chi connectivity index (χ2n) is 7.41. The maximum Gasteiger partial charge on any atom is 0.191 e. The second kappa shape index (κ2) is 15.1. The van der Waals surface area contributed by atoms with E-state index in [1.54, 1.807) is 14.2 Å². The van der Waals surface area contributed by atoms with Crippen molar-refractivity contribution in [3.63, 3.8) is 0 Å². The van der Waals surface area contributed by atoms with Crippen molar-refractivity contribution in [2.75, 3.05) is 53.7 Å². The van der Waals surface area contributed by atoms with E-state index in [4.69, 9.17) is 25.8 Å². The van der Waals surface area contributed by atoms with Crippen LogP contribution < -0.4 is 15.4 Å². The van der Waals surface area contributed by atoms with Gasteiger partial charge in [0.25, 0.3) is 0 Å². The normalized spacial score (nSPS) is 15.9. The maximum absolute atomic E-state index is 6.32. The Kier molecular flexibility index (Phi) is 13.7. The number of halogens is 2. The third kappa shape index (κ3) is 8.40. The number of methoxy groups -OCH3 is 1. The Morgan fingerprint density at radius 1 is 1.20 bits per heavy atom. The van der Waals surface area contributed by atoms with Gasteiger partial charge in [-0.3, -0.25) is 4.99 Å². The van der Waals surface area contributed by atoms with E-state index in [1.807, 2.05) is 18.2 Å². The van der Waals surface area contributed by atoms with Crippen LogP contribution in [0.4, 0.5) is 0 Å². The molecular formula is C22H37ClIN3O3. The lowest BCUT2D eigenvalue weighted by molar-refractivity contribution is 0.0505. The van der Waals surface area contributed by atoms with Crippen LogP contribution in [0.5, 0.6) is 5.75 Å². The molecule has 1 heterocycles. The molecule has 1 aromatic carbocycles. The number of ether oxygens (including phenoxy) is 3. The van der Waals surface area contributed by atoms with Gasteiger partial charge in [0, 0.05) is 62.6 Å². The van der Waals surface area contributed by atoms with Crippen LogP contribution in [0.15, 0.2) is 23.2 Å². The van der Waals surface area contributed by atoms with Gasteiger partial charge in [0.05, 0.1) is 7.11 Å². The molecule has 0 bridgehead atoms. The summed E-state index contributed by atoms with van der Waals surface area (Å²) in [6, 6.07) is 5.84. The Balaban J connectivity index is 0.00000450. The van der Waals surface area contributed by atoms with Gasteiger partial charge in [0.2, 0.25) is 0 Å². The molecular weight excluding hydrogens is 517 g/mol. The molecule has 0 saturated carbocycles. The van der Waals surface area contributed by atoms with Gasteiger partial charge < -0.3 is 24.8 Å². The molecule has 2 rings (SSSR count). The first kappa shape index (κ1) is 27.3. The van der Waals surface area contributed by atoms with Gasteiger partial charge >= 0.3 is 0 Å². The van der Waals surface area contributed by atoms with Gasteiger partial charge in [-0.05, 0) is 43.9 Å². The second-order valence-corrected chi connectivity index (χ2v) is 7.85. The number of aliphatic imine (C=N–C) groups is 1. The van der Waals surface area contributed by atoms with Crippen molar-refractivity contribution < 1.29 is 14.2 Å². The monoisotopic (exact) mass is 553 g/mol. The zero-order valence-electron chi connectivity index (χ0n) is 18.5. The van der Waals surface area contributed by atoms with Gasteiger partial charge in [-0.25, -0.2) is 0 Å². The summed E-state index contributed by atoms with van der Waals surface area (Å²) in [5.41, 5.74) is 1.01. The minimum absolute atomic E-state index is 0. The highest BCUT2D eigenvalue weighted by Crippen LogP contribution is 2.40. The number of benzene rings is 1. The quantitative estimate of drug-likeness (QED) is 0.184. The summed E-state index contributed by atoms with van der Waals surface area (Å²) in [6.45, 7) is 6.78. The molecule has 30 heavy (non-hydrogen) atoms. The highest BCUT2D eigenvalue weighted by Gasteiger charge is 2.37. The van der Waals surface area contributed by atoms with E-state index in [0.717, 1.165) is 87.5 Å². The maximum atomic E-state index is 6.32. The van der Waals surface area contributed by atoms with Crippen LogP contribution in [0, 0.1) is 0 Å². The van der Waals surface area contributed by atoms with Crippen molar-refractivity contribution >= 4 is 41.5 Å². The Hall–Kier alpha value is -0.770. The summed E-state index contributed by atoms with van der Waals surface area (Å²) >= 11 is 6.32. The highest BCUT2D eigenvalue weighted by atomic mass is 127. The zero-order chi connectivity index (χ0) is 21.0. The number of hydrogen-bond acceptors (Lipinski definition) is 4. The SMILES string of the molecule is CCCCOCCCNC(=NC)NCC1(c2cc(Cl)ccc2OC)CCOCC1.I. The van der Waals surface area contributed by atoms with Crippen molar-refractivity contribution in [3.05, 3.63) is 28.8 Å². The lowest BCUT2D eigenvalue weighted by atomic mass is 9.73. The van der Waals surface area contributed by atoms with Gasteiger partial charge in [0.1, 0.15) is 5.75 Å². The lowest BCUT2D eigenvalue weighted by Crippen LogP contribution is -2.48. The smallest absolute Gasteiger partial charge is 0.191 e. The summed E-state index contributed by atoms with van der Waals surface area (Å²) in [6.07, 6.45) is 5.04. The topological polar surface area (TPSA) is 64.1 Å². The Labute approximate surface area is 203 Å². The highest BCUT2D eigenvalue weighted by molar-refractivity contribution is 14.0. The van der Waals surface area contributed by atoms with E-state index < -0.39 is 0 Å². The molecule has 0 amide bonds. The summed E-state index contributed by atoms with van der Waals surface area (Å²) in [7, 11) is 3.50. The Morgan fingerprint density at radius 3 is 2.60 bits per heavy atom. The summed E-state index contributed by atoms with van der Waals surface area (Å²) in [5.74, 6) is 1.66. The molecule has 6 nitrogen and oxygen atoms in total. The molecule has 172 valence electrons. The molecule has 0 atom stereocenters. The van der Waals surface area contributed by atoms with Crippen molar-refractivity contribution in [1.29, 1.82) is 0 Å². The van der Waals surface area contributed by atoms with Crippen LogP contribution >= 0.6 is 35.6 Å². The molecule has 0 radical (unpaired) electrons. The lowest BCUT2D eigenvalue weighted by Gasteiger charge is -2.39. The first-order valence-corrected chi connectivity index (χ1v) is 11.0. The van der Waals surface area contributed by atoms with Crippen LogP contribution in [-0.4, -0.2) is 59.6 Å². The number of guanidine groups is 1. The molecule has 8 heteroatoms. The largest absolute Gasteiger partial charge is 0.496 e. The molecule has 1 aliphatic rings. The van der Waals surface area contributed by atoms with Crippen molar-refractivity contribution in [1.82, 2.24) is 10.6 Å². The molecule has 0 spiro atoms. The van der Waals surface area contributed by atoms with Gasteiger partial charge in [-0.15, -0.1) is 24.0 Å². The molecule has 2 N–H and O–H groups in total. The molecule has 0 aromatic heterocycles. The third-order valence-electron chi connectivity index (χ3n) is 5.40. The predicted molar refractivity (Wildman–Crippen MR) is 135 cm³/mol. The summed E-state index contributed by atoms with van der Waals surface area (Å²) in [5, 5.41) is 7.60. The molecule has 1 aliphatic heterocycles. The fourth-order valence-electron chi connectivity index (χ4n) is 3.60. The zero-order valence-corrected chi connectivity index (χ0v) is 21.6. The summed E-state index contributed by atoms with van der Waals surface area (Å²) in [4.78, 5) is 4.37. The first-order valence-electron chi connectivity index (χ1n) is 10.6. The predicted octanol–water partition coefficient (Wildman–Crippen LogP) is 4.39. The number of unbranched alkanes of at least 4 members (excludes halogenated alkanes) is 1. The minimum Gasteiger partial charge on any atom is -0.496 e. The van der Waals surface area contributed by atoms with E-state index in [1.165, 1.54) is 6.42 Å². The Morgan fingerprint density at radius 2 is 1.93 bits per heavy atom. The number of nitrogens with one attached hydrogen (secondary N) is 2. The fraction of sp³-hybridized carbons (Fsp3) is 0.682. The molecule has 1 saturated heterocycles. The van der Waals surface area contributed by atoms with Gasteiger partial charge in [0.15, 0.2) is 5.96 Å². The number of hydrogen-bond donors (Lipinski definition) is 2. The van der Waals surface area contributed by atoms with E-state index in [2.05, 4.69) is 22.5 Å². The van der Waals surface area contributed by atoms with Crippen molar-refractivity contribution in [3.8, 4) is 5.75 Å². The van der Waals surface area contributed by atoms with E-state index in [9.17, 15) is 0 Å². The number of nitrogens with zero attached hydrogens (tertiary/aromatic N) is 1. The summed E-state index contributed by atoms with van der Waals surface area (Å²) < 4.78 is 16.9. The van der Waals surface area contributed by atoms with E-state index in [-0.39, 0.29) is 29.4 Å². The standard InChI is InChI=1S/C22H36ClN3O3.HI/c1-4-5-12-28-13-6-11-25-21(24-2)26-17-22(9-14-29-15-10-22)19-16-18(23)7-8-20(19)27-3;/h7-8,16H,4-6,9-15,17H2,1-3H3,(H2,24,25,26);1H. The fourth-order valence-corrected chi connectivity index (χ4v) is 3.77. The van der Waals surface area contributed by atoms with E-state index in [0.29, 0.717) is 0 Å². The van der Waals surface area contributed by atoms with Crippen LogP contribution in [0.3, 0.4) is 0 Å². The third-order valence-corrected chi connectivity index (χ3v) is 5.64. The van der Waals surface area contributed by atoms with Crippen LogP contribution in [-0.2, 0) is 14.9 Å². The van der Waals surface area contributed by atoms with Crippen LogP contribution in [0.2, 0.25) is 5.02 Å². The Bertz CT molecular complexity index is 640. The molecule has 0 unspecified atom stereocenters. The molecule has 0 aliphatic carbocycles. The molecule has 1 fully saturated rings. The van der Waals surface area contributed by atoms with Crippen molar-refractivity contribution in [2.45, 2.75) is 44.4 Å². The number of rotatable bonds is 11. The van der Waals surface area contributed by atoms with Gasteiger partial charge in [-0.1, -0.05) is 24.9 Å². The van der Waals surface area contributed by atoms with Gasteiger partial charge in [-0.2, -0.15) is 0 Å². The van der Waals surface area contributed by atoms with Crippen LogP contribution in [0.25, 0.3) is 0 Å². The van der Waals surface area contributed by atoms with Crippen LogP contribution in [0.1, 0.15) is 44.6 Å². The van der Waals surface area contributed by atoms with E-state index >= 15 is 0 Å².